The number of rotatable bonds is 6. The molecule has 1 aliphatic heterocycles. The molecule has 1 aliphatic rings. The Morgan fingerprint density at radius 2 is 2.09 bits per heavy atom. The van der Waals surface area contributed by atoms with E-state index in [1.54, 1.807) is 12.1 Å². The van der Waals surface area contributed by atoms with Crippen LogP contribution in [0, 0.1) is 0 Å². The molecule has 116 valence electrons. The van der Waals surface area contributed by atoms with Gasteiger partial charge in [0.05, 0.1) is 18.3 Å². The van der Waals surface area contributed by atoms with Crippen LogP contribution >= 0.6 is 11.6 Å². The molecule has 22 heavy (non-hydrogen) atoms. The highest BCUT2D eigenvalue weighted by molar-refractivity contribution is 6.30. The van der Waals surface area contributed by atoms with Gasteiger partial charge in [-0.3, -0.25) is 14.5 Å². The Balaban J connectivity index is 2.07. The first-order valence-corrected chi connectivity index (χ1v) is 6.98. The fourth-order valence-corrected chi connectivity index (χ4v) is 2.08. The molecule has 8 heteroatoms. The van der Waals surface area contributed by atoms with E-state index < -0.39 is 0 Å². The number of hydrazone groups is 1. The number of nitrogens with one attached hydrogen (secondary N) is 1. The lowest BCUT2D eigenvalue weighted by Gasteiger charge is -2.24. The van der Waals surface area contributed by atoms with Crippen molar-refractivity contribution in [1.82, 2.24) is 10.3 Å². The SMILES string of the molecule is CC1N=C(N(C=O)CCOC=O)NN=C1c1ccc(Cl)cc1. The van der Waals surface area contributed by atoms with Crippen LogP contribution in [0.4, 0.5) is 0 Å². The molecule has 0 saturated heterocycles. The van der Waals surface area contributed by atoms with Gasteiger partial charge in [-0.25, -0.2) is 10.4 Å². The van der Waals surface area contributed by atoms with E-state index >= 15 is 0 Å². The molecule has 0 aliphatic carbocycles. The van der Waals surface area contributed by atoms with Gasteiger partial charge in [-0.05, 0) is 19.1 Å². The quantitative estimate of drug-likeness (QED) is 0.626. The molecule has 0 spiro atoms. The van der Waals surface area contributed by atoms with E-state index in [2.05, 4.69) is 20.3 Å². The van der Waals surface area contributed by atoms with Crippen LogP contribution in [-0.2, 0) is 14.3 Å². The number of hydrogen-bond acceptors (Lipinski definition) is 6. The molecule has 7 nitrogen and oxygen atoms in total. The van der Waals surface area contributed by atoms with E-state index in [9.17, 15) is 9.59 Å². The number of halogens is 1. The van der Waals surface area contributed by atoms with Crippen molar-refractivity contribution in [2.75, 3.05) is 13.2 Å². The molecule has 0 bridgehead atoms. The Labute approximate surface area is 132 Å². The largest absolute Gasteiger partial charge is 0.466 e. The summed E-state index contributed by atoms with van der Waals surface area (Å²) >= 11 is 5.87. The summed E-state index contributed by atoms with van der Waals surface area (Å²) in [6.45, 7) is 2.50. The number of amides is 1. The van der Waals surface area contributed by atoms with Crippen LogP contribution in [0.1, 0.15) is 12.5 Å². The van der Waals surface area contributed by atoms with Gasteiger partial charge in [0.1, 0.15) is 6.61 Å². The molecule has 1 amide bonds. The third-order valence-corrected chi connectivity index (χ3v) is 3.30. The molecule has 1 heterocycles. The van der Waals surface area contributed by atoms with Gasteiger partial charge in [-0.2, -0.15) is 5.10 Å². The fourth-order valence-electron chi connectivity index (χ4n) is 1.95. The maximum absolute atomic E-state index is 11.1. The average molecular weight is 323 g/mol. The monoisotopic (exact) mass is 322 g/mol. The van der Waals surface area contributed by atoms with Gasteiger partial charge in [-0.1, -0.05) is 23.7 Å². The number of guanidine groups is 1. The predicted molar refractivity (Wildman–Crippen MR) is 82.8 cm³/mol. The van der Waals surface area contributed by atoms with Gasteiger partial charge in [0.25, 0.3) is 6.47 Å². The highest BCUT2D eigenvalue weighted by Crippen LogP contribution is 2.14. The van der Waals surface area contributed by atoms with Crippen molar-refractivity contribution in [2.45, 2.75) is 13.0 Å². The van der Waals surface area contributed by atoms with Crippen molar-refractivity contribution >= 4 is 36.2 Å². The second-order valence-electron chi connectivity index (χ2n) is 4.51. The van der Waals surface area contributed by atoms with Gasteiger partial charge in [0.15, 0.2) is 0 Å². The molecular weight excluding hydrogens is 308 g/mol. The lowest BCUT2D eigenvalue weighted by molar-refractivity contribution is -0.129. The summed E-state index contributed by atoms with van der Waals surface area (Å²) in [4.78, 5) is 26.9. The molecule has 1 aromatic rings. The maximum Gasteiger partial charge on any atom is 0.293 e. The summed E-state index contributed by atoms with van der Waals surface area (Å²) < 4.78 is 4.57. The van der Waals surface area contributed by atoms with Gasteiger partial charge in [-0.15, -0.1) is 0 Å². The van der Waals surface area contributed by atoms with Crippen LogP contribution in [0.3, 0.4) is 0 Å². The molecule has 1 aromatic carbocycles. The Morgan fingerprint density at radius 1 is 1.36 bits per heavy atom. The van der Waals surface area contributed by atoms with Crippen LogP contribution in [-0.4, -0.2) is 48.6 Å². The summed E-state index contributed by atoms with van der Waals surface area (Å²) in [5.74, 6) is 0.315. The number of nitrogens with zero attached hydrogens (tertiary/aromatic N) is 3. The molecular formula is C14H15ClN4O3. The topological polar surface area (TPSA) is 83.4 Å². The van der Waals surface area contributed by atoms with Crippen molar-refractivity contribution in [3.8, 4) is 0 Å². The normalized spacial score (nSPS) is 16.9. The zero-order valence-corrected chi connectivity index (χ0v) is 12.7. The molecule has 0 fully saturated rings. The van der Waals surface area contributed by atoms with E-state index in [0.717, 1.165) is 11.3 Å². The first kappa shape index (κ1) is 16.0. The van der Waals surface area contributed by atoms with Gasteiger partial charge < -0.3 is 4.74 Å². The van der Waals surface area contributed by atoms with Crippen LogP contribution in [0.15, 0.2) is 34.4 Å². The zero-order valence-electron chi connectivity index (χ0n) is 11.9. The van der Waals surface area contributed by atoms with E-state index in [0.29, 0.717) is 23.9 Å². The predicted octanol–water partition coefficient (Wildman–Crippen LogP) is 1.02. The molecule has 1 N–H and O–H groups in total. The highest BCUT2D eigenvalue weighted by Gasteiger charge is 2.21. The van der Waals surface area contributed by atoms with Crippen molar-refractivity contribution in [1.29, 1.82) is 0 Å². The number of carbonyl (C=O) groups is 2. The summed E-state index contributed by atoms with van der Waals surface area (Å²) in [7, 11) is 0. The smallest absolute Gasteiger partial charge is 0.293 e. The Bertz CT molecular complexity index is 601. The molecule has 0 aromatic heterocycles. The van der Waals surface area contributed by atoms with E-state index in [4.69, 9.17) is 11.6 Å². The Kier molecular flexibility index (Phi) is 5.48. The summed E-state index contributed by atoms with van der Waals surface area (Å²) in [5, 5.41) is 4.92. The number of hydrogen-bond donors (Lipinski definition) is 1. The molecule has 0 radical (unpaired) electrons. The average Bonchev–Trinajstić information content (AvgIpc) is 2.53. The highest BCUT2D eigenvalue weighted by atomic mass is 35.5. The second-order valence-corrected chi connectivity index (χ2v) is 4.95. The summed E-state index contributed by atoms with van der Waals surface area (Å²) in [5.41, 5.74) is 4.39. The molecule has 1 unspecified atom stereocenters. The number of carbonyl (C=O) groups excluding carboxylic acids is 2. The van der Waals surface area contributed by atoms with Gasteiger partial charge in [0.2, 0.25) is 12.4 Å². The minimum atomic E-state index is -0.230. The first-order valence-electron chi connectivity index (χ1n) is 6.60. The Hall–Kier alpha value is -2.41. The lowest BCUT2D eigenvalue weighted by atomic mass is 10.0. The van der Waals surface area contributed by atoms with E-state index in [1.165, 1.54) is 4.90 Å². The maximum atomic E-state index is 11.1. The first-order chi connectivity index (χ1) is 10.7. The van der Waals surface area contributed by atoms with E-state index in [1.807, 2.05) is 19.1 Å². The second kappa shape index (κ2) is 7.56. The summed E-state index contributed by atoms with van der Waals surface area (Å²) in [6, 6.07) is 7.04. The van der Waals surface area contributed by atoms with Crippen LogP contribution < -0.4 is 5.43 Å². The van der Waals surface area contributed by atoms with Gasteiger partial charge >= 0.3 is 0 Å². The third-order valence-electron chi connectivity index (χ3n) is 3.05. The number of benzene rings is 1. The fraction of sp³-hybridized carbons (Fsp3) is 0.286. The standard InChI is InChI=1S/C14H15ClN4O3/c1-10-13(11-2-4-12(15)5-3-11)17-18-14(16-10)19(8-20)6-7-22-9-21/h2-5,8-10H,6-7H2,1H3,(H,16,18). The lowest BCUT2D eigenvalue weighted by Crippen LogP contribution is -2.44. The number of aliphatic imine (C=N–C) groups is 1. The van der Waals surface area contributed by atoms with Gasteiger partial charge in [0, 0.05) is 10.6 Å². The minimum Gasteiger partial charge on any atom is -0.466 e. The van der Waals surface area contributed by atoms with Crippen molar-refractivity contribution in [3.63, 3.8) is 0 Å². The van der Waals surface area contributed by atoms with Crippen LogP contribution in [0.2, 0.25) is 5.02 Å². The minimum absolute atomic E-state index is 0.0884. The zero-order chi connectivity index (χ0) is 15.9. The van der Waals surface area contributed by atoms with Crippen molar-refractivity contribution in [3.05, 3.63) is 34.9 Å². The third kappa shape index (κ3) is 3.82. The van der Waals surface area contributed by atoms with E-state index in [-0.39, 0.29) is 19.2 Å². The molecule has 0 saturated carbocycles. The molecule has 2 rings (SSSR count). The number of ether oxygens (including phenoxy) is 1. The Morgan fingerprint density at radius 3 is 2.68 bits per heavy atom. The molecule has 1 atom stereocenters. The van der Waals surface area contributed by atoms with Crippen molar-refractivity contribution in [2.24, 2.45) is 10.1 Å². The van der Waals surface area contributed by atoms with Crippen molar-refractivity contribution < 1.29 is 14.3 Å². The summed E-state index contributed by atoms with van der Waals surface area (Å²) in [6.07, 6.45) is 0.607. The van der Waals surface area contributed by atoms with Crippen LogP contribution in [0.25, 0.3) is 0 Å². The van der Waals surface area contributed by atoms with Crippen LogP contribution in [0.5, 0.6) is 0 Å².